The average Bonchev–Trinajstić information content (AvgIpc) is 2.85. The molecule has 0 aliphatic rings. The lowest BCUT2D eigenvalue weighted by Gasteiger charge is -2.02. The zero-order valence-electron chi connectivity index (χ0n) is 10.8. The topological polar surface area (TPSA) is 80.7 Å². The van der Waals surface area contributed by atoms with Crippen molar-refractivity contribution in [3.05, 3.63) is 64.5 Å². The predicted octanol–water partition coefficient (Wildman–Crippen LogP) is 3.24. The van der Waals surface area contributed by atoms with Gasteiger partial charge in [-0.2, -0.15) is 4.40 Å². The highest BCUT2D eigenvalue weighted by molar-refractivity contribution is 7.98. The molecular weight excluding hydrogens is 290 g/mol. The summed E-state index contributed by atoms with van der Waals surface area (Å²) >= 11 is 1.32. The first-order valence-corrected chi connectivity index (χ1v) is 7.16. The molecule has 2 heterocycles. The Morgan fingerprint density at radius 2 is 2.00 bits per heavy atom. The Hall–Kier alpha value is -2.54. The summed E-state index contributed by atoms with van der Waals surface area (Å²) in [4.78, 5) is 15.8. The van der Waals surface area contributed by atoms with Crippen LogP contribution in [-0.2, 0) is 5.75 Å². The summed E-state index contributed by atoms with van der Waals surface area (Å²) in [5.41, 5.74) is 0.927. The van der Waals surface area contributed by atoms with E-state index in [9.17, 15) is 15.2 Å². The number of phenols is 1. The van der Waals surface area contributed by atoms with E-state index in [-0.39, 0.29) is 11.6 Å². The summed E-state index contributed by atoms with van der Waals surface area (Å²) < 4.78 is 1.46. The summed E-state index contributed by atoms with van der Waals surface area (Å²) in [5.74, 6) is 0.442. The van der Waals surface area contributed by atoms with Crippen molar-refractivity contribution in [2.75, 3.05) is 0 Å². The number of aromatic hydroxyl groups is 1. The molecular formula is C14H11N3O3S. The molecule has 0 bridgehead atoms. The largest absolute Gasteiger partial charge is 0.507 e. The number of hydrogen-bond acceptors (Lipinski definition) is 5. The van der Waals surface area contributed by atoms with Gasteiger partial charge in [0.25, 0.3) is 0 Å². The molecule has 7 heteroatoms. The molecule has 0 atom stereocenters. The average molecular weight is 301 g/mol. The van der Waals surface area contributed by atoms with Gasteiger partial charge < -0.3 is 15.2 Å². The lowest BCUT2D eigenvalue weighted by molar-refractivity contribution is -0.391. The summed E-state index contributed by atoms with van der Waals surface area (Å²) in [6.45, 7) is 0. The van der Waals surface area contributed by atoms with Crippen molar-refractivity contribution < 1.29 is 10.0 Å². The third-order valence-electron chi connectivity index (χ3n) is 2.98. The molecule has 0 fully saturated rings. The van der Waals surface area contributed by atoms with Crippen molar-refractivity contribution >= 4 is 23.2 Å². The summed E-state index contributed by atoms with van der Waals surface area (Å²) in [6.07, 6.45) is 1.62. The minimum Gasteiger partial charge on any atom is -0.507 e. The Morgan fingerprint density at radius 1 is 1.24 bits per heavy atom. The number of thioether (sulfide) groups is 1. The molecule has 1 N–H and O–H groups in total. The van der Waals surface area contributed by atoms with Crippen LogP contribution < -0.4 is 0 Å². The predicted molar refractivity (Wildman–Crippen MR) is 79.5 cm³/mol. The summed E-state index contributed by atoms with van der Waals surface area (Å²) in [6, 6.07) is 12.1. The Balaban J connectivity index is 1.95. The highest BCUT2D eigenvalue weighted by Gasteiger charge is 2.22. The van der Waals surface area contributed by atoms with Crippen LogP contribution in [0.25, 0.3) is 5.65 Å². The van der Waals surface area contributed by atoms with Crippen molar-refractivity contribution in [2.45, 2.75) is 10.6 Å². The van der Waals surface area contributed by atoms with Gasteiger partial charge >= 0.3 is 5.82 Å². The number of nitrogens with zero attached hydrogens (tertiary/aromatic N) is 3. The molecule has 2 aromatic heterocycles. The zero-order chi connectivity index (χ0) is 14.8. The SMILES string of the molecule is O=[N+]([O-])c1c(CSc2ccccc2O)nc2ccccn12. The Labute approximate surface area is 124 Å². The number of hydrogen-bond donors (Lipinski definition) is 1. The van der Waals surface area contributed by atoms with Gasteiger partial charge in [-0.3, -0.25) is 0 Å². The number of para-hydroxylation sites is 1. The van der Waals surface area contributed by atoms with Crippen LogP contribution in [0, 0.1) is 10.1 Å². The van der Waals surface area contributed by atoms with E-state index in [4.69, 9.17) is 0 Å². The fraction of sp³-hybridized carbons (Fsp3) is 0.0714. The van der Waals surface area contributed by atoms with E-state index in [0.29, 0.717) is 22.0 Å². The second-order valence-corrected chi connectivity index (χ2v) is 5.34. The molecule has 6 nitrogen and oxygen atoms in total. The van der Waals surface area contributed by atoms with E-state index < -0.39 is 4.92 Å². The minimum atomic E-state index is -0.430. The quantitative estimate of drug-likeness (QED) is 0.454. The van der Waals surface area contributed by atoms with Crippen LogP contribution in [0.5, 0.6) is 5.75 Å². The van der Waals surface area contributed by atoms with Gasteiger partial charge in [-0.25, -0.2) is 4.98 Å². The summed E-state index contributed by atoms with van der Waals surface area (Å²) in [7, 11) is 0. The van der Waals surface area contributed by atoms with Crippen LogP contribution in [0.15, 0.2) is 53.6 Å². The number of benzene rings is 1. The van der Waals surface area contributed by atoms with Gasteiger partial charge in [0.05, 0.1) is 6.20 Å². The first-order valence-electron chi connectivity index (χ1n) is 6.18. The highest BCUT2D eigenvalue weighted by Crippen LogP contribution is 2.32. The second-order valence-electron chi connectivity index (χ2n) is 4.32. The molecule has 0 saturated carbocycles. The van der Waals surface area contributed by atoms with Gasteiger partial charge in [-0.1, -0.05) is 18.2 Å². The molecule has 0 amide bonds. The third kappa shape index (κ3) is 2.55. The molecule has 0 saturated heterocycles. The maximum atomic E-state index is 11.3. The van der Waals surface area contributed by atoms with Crippen LogP contribution in [0.3, 0.4) is 0 Å². The number of fused-ring (bicyclic) bond motifs is 1. The minimum absolute atomic E-state index is 0.0338. The fourth-order valence-corrected chi connectivity index (χ4v) is 2.92. The van der Waals surface area contributed by atoms with Crippen LogP contribution in [0.4, 0.5) is 5.82 Å². The van der Waals surface area contributed by atoms with Gasteiger partial charge in [0.2, 0.25) is 5.65 Å². The number of nitro groups is 1. The third-order valence-corrected chi connectivity index (χ3v) is 4.05. The number of phenolic OH excluding ortho intramolecular Hbond substituents is 1. The van der Waals surface area contributed by atoms with Crippen molar-refractivity contribution in [3.8, 4) is 5.75 Å². The maximum absolute atomic E-state index is 11.3. The monoisotopic (exact) mass is 301 g/mol. The lowest BCUT2D eigenvalue weighted by Crippen LogP contribution is -1.96. The van der Waals surface area contributed by atoms with E-state index in [1.807, 2.05) is 0 Å². The standard InChI is InChI=1S/C14H11N3O3S/c18-11-5-1-2-6-12(11)21-9-10-14(17(19)20)16-8-4-3-7-13(16)15-10/h1-8,18H,9H2. The molecule has 0 aliphatic carbocycles. The van der Waals surface area contributed by atoms with E-state index in [1.54, 1.807) is 48.7 Å². The molecule has 106 valence electrons. The second kappa shape index (κ2) is 5.45. The smallest absolute Gasteiger partial charge is 0.351 e. The van der Waals surface area contributed by atoms with Crippen LogP contribution in [-0.4, -0.2) is 19.4 Å². The Bertz CT molecular complexity index is 816. The molecule has 3 rings (SSSR count). The molecule has 0 spiro atoms. The summed E-state index contributed by atoms with van der Waals surface area (Å²) in [5, 5.41) is 21.0. The molecule has 3 aromatic rings. The van der Waals surface area contributed by atoms with Gasteiger partial charge in [0.15, 0.2) is 0 Å². The molecule has 1 aromatic carbocycles. The normalized spacial score (nSPS) is 10.9. The number of imidazole rings is 1. The molecule has 0 radical (unpaired) electrons. The van der Waals surface area contributed by atoms with Crippen LogP contribution in [0.1, 0.15) is 5.69 Å². The van der Waals surface area contributed by atoms with Gasteiger partial charge in [0.1, 0.15) is 11.4 Å². The van der Waals surface area contributed by atoms with Gasteiger partial charge in [0, 0.05) is 16.7 Å². The van der Waals surface area contributed by atoms with Crippen molar-refractivity contribution in [1.29, 1.82) is 0 Å². The fourth-order valence-electron chi connectivity index (χ4n) is 2.05. The zero-order valence-corrected chi connectivity index (χ0v) is 11.7. The van der Waals surface area contributed by atoms with Crippen molar-refractivity contribution in [3.63, 3.8) is 0 Å². The van der Waals surface area contributed by atoms with Crippen molar-refractivity contribution in [1.82, 2.24) is 9.38 Å². The molecule has 0 aliphatic heterocycles. The Morgan fingerprint density at radius 3 is 2.76 bits per heavy atom. The van der Waals surface area contributed by atoms with E-state index in [1.165, 1.54) is 16.2 Å². The Kier molecular flexibility index (Phi) is 3.49. The first kappa shape index (κ1) is 13.4. The van der Waals surface area contributed by atoms with E-state index in [2.05, 4.69) is 4.98 Å². The van der Waals surface area contributed by atoms with Crippen LogP contribution >= 0.6 is 11.8 Å². The number of rotatable bonds is 4. The van der Waals surface area contributed by atoms with Gasteiger partial charge in [-0.15, -0.1) is 11.8 Å². The number of pyridine rings is 1. The van der Waals surface area contributed by atoms with Crippen molar-refractivity contribution in [2.24, 2.45) is 0 Å². The van der Waals surface area contributed by atoms with E-state index >= 15 is 0 Å². The molecule has 0 unspecified atom stereocenters. The number of aromatic nitrogens is 2. The van der Waals surface area contributed by atoms with Crippen LogP contribution in [0.2, 0.25) is 0 Å². The first-order chi connectivity index (χ1) is 10.2. The lowest BCUT2D eigenvalue weighted by atomic mass is 10.3. The van der Waals surface area contributed by atoms with E-state index in [0.717, 1.165) is 0 Å². The maximum Gasteiger partial charge on any atom is 0.351 e. The highest BCUT2D eigenvalue weighted by atomic mass is 32.2. The van der Waals surface area contributed by atoms with Gasteiger partial charge in [-0.05, 0) is 23.1 Å². The molecule has 21 heavy (non-hydrogen) atoms.